The summed E-state index contributed by atoms with van der Waals surface area (Å²) < 4.78 is 0. The van der Waals surface area contributed by atoms with Crippen LogP contribution in [0.3, 0.4) is 0 Å². The zero-order chi connectivity index (χ0) is 16.3. The van der Waals surface area contributed by atoms with Crippen molar-refractivity contribution in [1.82, 2.24) is 10.2 Å². The van der Waals surface area contributed by atoms with E-state index in [1.165, 1.54) is 38.5 Å². The molecule has 5 atom stereocenters. The average molecular weight is 306 g/mol. The van der Waals surface area contributed by atoms with E-state index in [1.807, 2.05) is 0 Å². The van der Waals surface area contributed by atoms with Crippen molar-refractivity contribution in [1.29, 1.82) is 0 Å². The van der Waals surface area contributed by atoms with Gasteiger partial charge in [0.05, 0.1) is 6.04 Å². The average Bonchev–Trinajstić information content (AvgIpc) is 2.78. The normalized spacial score (nSPS) is 34.1. The molecule has 1 saturated heterocycles. The highest BCUT2D eigenvalue weighted by atomic mass is 16.1. The van der Waals surface area contributed by atoms with E-state index in [4.69, 9.17) is 0 Å². The monoisotopic (exact) mass is 306 g/mol. The van der Waals surface area contributed by atoms with Gasteiger partial charge in [0, 0.05) is 23.3 Å². The molecule has 3 nitrogen and oxygen atoms in total. The molecular weight excluding hydrogens is 272 g/mol. The molecule has 0 amide bonds. The topological polar surface area (TPSA) is 32.3 Å². The quantitative estimate of drug-likeness (QED) is 0.724. The number of rotatable bonds is 7. The molecule has 2 unspecified atom stereocenters. The van der Waals surface area contributed by atoms with Gasteiger partial charge in [0.25, 0.3) is 0 Å². The summed E-state index contributed by atoms with van der Waals surface area (Å²) in [4.78, 5) is 14.0. The first-order valence-corrected chi connectivity index (χ1v) is 9.13. The van der Waals surface area contributed by atoms with Gasteiger partial charge in [-0.3, -0.25) is 0 Å². The molecule has 1 N–H and O–H groups in total. The lowest BCUT2D eigenvalue weighted by molar-refractivity contribution is -0.112. The van der Waals surface area contributed by atoms with Gasteiger partial charge in [-0.2, -0.15) is 0 Å². The SMILES string of the molecule is C=C([C@H](C)NC(C)CCC)N1[C@@H](C=O)C[C@H]2CCCCC21C. The molecule has 2 aliphatic rings. The molecule has 0 aromatic heterocycles. The number of aldehydes is 1. The largest absolute Gasteiger partial charge is 0.359 e. The number of likely N-dealkylation sites (tertiary alicyclic amines) is 1. The number of nitrogens with zero attached hydrogens (tertiary/aromatic N) is 1. The number of nitrogens with one attached hydrogen (secondary N) is 1. The molecule has 126 valence electrons. The lowest BCUT2D eigenvalue weighted by Crippen LogP contribution is -2.52. The molecule has 0 radical (unpaired) electrons. The standard InChI is InChI=1S/C19H34N2O/c1-6-9-14(2)20-15(3)16(4)21-18(13-22)12-17-10-7-8-11-19(17,21)5/h13-15,17-18,20H,4,6-12H2,1-3,5H3/t14?,15-,17+,18+,19?/m0/s1. The van der Waals surface area contributed by atoms with E-state index in [9.17, 15) is 4.79 Å². The van der Waals surface area contributed by atoms with Crippen LogP contribution in [0.4, 0.5) is 0 Å². The number of carbonyl (C=O) groups excluding carboxylic acids is 1. The van der Waals surface area contributed by atoms with Gasteiger partial charge in [-0.15, -0.1) is 0 Å². The molecule has 0 aromatic rings. The lowest BCUT2D eigenvalue weighted by atomic mass is 9.74. The van der Waals surface area contributed by atoms with Gasteiger partial charge in [0.1, 0.15) is 6.29 Å². The van der Waals surface area contributed by atoms with Crippen molar-refractivity contribution < 1.29 is 4.79 Å². The number of hydrogen-bond acceptors (Lipinski definition) is 3. The van der Waals surface area contributed by atoms with Crippen molar-refractivity contribution in [2.45, 2.75) is 96.3 Å². The van der Waals surface area contributed by atoms with Crippen LogP contribution in [0.15, 0.2) is 12.3 Å². The number of fused-ring (bicyclic) bond motifs is 1. The van der Waals surface area contributed by atoms with Crippen molar-refractivity contribution in [3.05, 3.63) is 12.3 Å². The summed E-state index contributed by atoms with van der Waals surface area (Å²) >= 11 is 0. The fourth-order valence-corrected chi connectivity index (χ4v) is 4.76. The molecule has 0 spiro atoms. The fourth-order valence-electron chi connectivity index (χ4n) is 4.76. The molecule has 2 rings (SSSR count). The Morgan fingerprint density at radius 2 is 2.18 bits per heavy atom. The molecule has 1 saturated carbocycles. The van der Waals surface area contributed by atoms with Crippen molar-refractivity contribution in [2.75, 3.05) is 0 Å². The van der Waals surface area contributed by atoms with Crippen LogP contribution in [0.5, 0.6) is 0 Å². The zero-order valence-corrected chi connectivity index (χ0v) is 14.9. The summed E-state index contributed by atoms with van der Waals surface area (Å²) in [6.07, 6.45) is 9.57. The summed E-state index contributed by atoms with van der Waals surface area (Å²) in [7, 11) is 0. The third kappa shape index (κ3) is 3.24. The van der Waals surface area contributed by atoms with E-state index in [0.29, 0.717) is 12.0 Å². The predicted octanol–water partition coefficient (Wildman–Crippen LogP) is 3.89. The molecule has 0 bridgehead atoms. The van der Waals surface area contributed by atoms with E-state index in [2.05, 4.69) is 44.5 Å². The van der Waals surface area contributed by atoms with Crippen LogP contribution in [-0.2, 0) is 4.79 Å². The molecular formula is C19H34N2O. The summed E-state index contributed by atoms with van der Waals surface area (Å²) in [5.41, 5.74) is 1.23. The lowest BCUT2D eigenvalue weighted by Gasteiger charge is -2.47. The highest BCUT2D eigenvalue weighted by Gasteiger charge is 2.51. The van der Waals surface area contributed by atoms with Gasteiger partial charge in [-0.25, -0.2) is 0 Å². The van der Waals surface area contributed by atoms with Crippen molar-refractivity contribution in [3.8, 4) is 0 Å². The Labute approximate surface area is 136 Å². The maximum absolute atomic E-state index is 11.7. The van der Waals surface area contributed by atoms with Gasteiger partial charge < -0.3 is 15.0 Å². The predicted molar refractivity (Wildman–Crippen MR) is 92.8 cm³/mol. The van der Waals surface area contributed by atoms with Crippen molar-refractivity contribution in [3.63, 3.8) is 0 Å². The first-order chi connectivity index (χ1) is 10.4. The molecule has 1 aliphatic carbocycles. The van der Waals surface area contributed by atoms with Gasteiger partial charge in [-0.1, -0.05) is 32.8 Å². The Hall–Kier alpha value is -0.830. The Morgan fingerprint density at radius 3 is 2.82 bits per heavy atom. The van der Waals surface area contributed by atoms with Crippen LogP contribution in [0, 0.1) is 5.92 Å². The second kappa shape index (κ2) is 7.16. The van der Waals surface area contributed by atoms with Gasteiger partial charge >= 0.3 is 0 Å². The Kier molecular flexibility index (Phi) is 5.70. The van der Waals surface area contributed by atoms with E-state index in [1.54, 1.807) is 0 Å². The van der Waals surface area contributed by atoms with E-state index in [-0.39, 0.29) is 17.6 Å². The van der Waals surface area contributed by atoms with Crippen molar-refractivity contribution in [2.24, 2.45) is 5.92 Å². The van der Waals surface area contributed by atoms with E-state index in [0.717, 1.165) is 18.4 Å². The van der Waals surface area contributed by atoms with Crippen LogP contribution >= 0.6 is 0 Å². The molecule has 1 heterocycles. The number of carbonyl (C=O) groups is 1. The Balaban J connectivity index is 2.13. The maximum atomic E-state index is 11.7. The molecule has 0 aromatic carbocycles. The van der Waals surface area contributed by atoms with Crippen LogP contribution in [0.2, 0.25) is 0 Å². The minimum atomic E-state index is 0.0198. The van der Waals surface area contributed by atoms with Gasteiger partial charge in [-0.05, 0) is 52.4 Å². The van der Waals surface area contributed by atoms with Gasteiger partial charge in [0.15, 0.2) is 0 Å². The molecule has 1 aliphatic heterocycles. The fraction of sp³-hybridized carbons (Fsp3) is 0.842. The summed E-state index contributed by atoms with van der Waals surface area (Å²) in [6, 6.07) is 0.733. The highest BCUT2D eigenvalue weighted by Crippen LogP contribution is 2.49. The van der Waals surface area contributed by atoms with Crippen molar-refractivity contribution >= 4 is 6.29 Å². The Bertz CT molecular complexity index is 408. The number of hydrogen-bond donors (Lipinski definition) is 1. The second-order valence-corrected chi connectivity index (χ2v) is 7.68. The second-order valence-electron chi connectivity index (χ2n) is 7.68. The first kappa shape index (κ1) is 17.5. The minimum absolute atomic E-state index is 0.0198. The van der Waals surface area contributed by atoms with Crippen LogP contribution in [-0.4, -0.2) is 34.9 Å². The summed E-state index contributed by atoms with van der Waals surface area (Å²) in [6.45, 7) is 13.4. The van der Waals surface area contributed by atoms with Crippen LogP contribution in [0.1, 0.15) is 72.6 Å². The van der Waals surface area contributed by atoms with E-state index < -0.39 is 0 Å². The zero-order valence-electron chi connectivity index (χ0n) is 14.9. The third-order valence-corrected chi connectivity index (χ3v) is 6.00. The smallest absolute Gasteiger partial charge is 0.142 e. The van der Waals surface area contributed by atoms with Crippen LogP contribution in [0.25, 0.3) is 0 Å². The highest BCUT2D eigenvalue weighted by molar-refractivity contribution is 5.60. The summed E-state index contributed by atoms with van der Waals surface area (Å²) in [5.74, 6) is 0.647. The van der Waals surface area contributed by atoms with Crippen LogP contribution < -0.4 is 5.32 Å². The van der Waals surface area contributed by atoms with Gasteiger partial charge in [0.2, 0.25) is 0 Å². The maximum Gasteiger partial charge on any atom is 0.142 e. The molecule has 3 heteroatoms. The first-order valence-electron chi connectivity index (χ1n) is 9.13. The Morgan fingerprint density at radius 1 is 1.45 bits per heavy atom. The molecule has 2 fully saturated rings. The minimum Gasteiger partial charge on any atom is -0.359 e. The third-order valence-electron chi connectivity index (χ3n) is 6.00. The molecule has 22 heavy (non-hydrogen) atoms. The summed E-state index contributed by atoms with van der Waals surface area (Å²) in [5, 5.41) is 3.66. The van der Waals surface area contributed by atoms with E-state index >= 15 is 0 Å².